The first-order chi connectivity index (χ1) is 9.30. The summed E-state index contributed by atoms with van der Waals surface area (Å²) in [7, 11) is 1.56. The van der Waals surface area contributed by atoms with Gasteiger partial charge in [-0.25, -0.2) is 0 Å². The van der Waals surface area contributed by atoms with Crippen LogP contribution in [0.15, 0.2) is 23.4 Å². The Hall–Kier alpha value is -2.08. The molecule has 0 aliphatic carbocycles. The van der Waals surface area contributed by atoms with Crippen molar-refractivity contribution < 1.29 is 14.7 Å². The highest BCUT2D eigenvalue weighted by Gasteiger charge is 2.22. The monoisotopic (exact) mass is 279 g/mol. The third kappa shape index (κ3) is 3.96. The Labute approximate surface area is 118 Å². The lowest BCUT2D eigenvalue weighted by molar-refractivity contribution is -0.121. The number of aryl methyl sites for hydroxylation is 1. The molecule has 0 aliphatic heterocycles. The summed E-state index contributed by atoms with van der Waals surface area (Å²) in [5.74, 6) is -0.237. The molecule has 110 valence electrons. The van der Waals surface area contributed by atoms with Crippen molar-refractivity contribution in [3.05, 3.63) is 29.3 Å². The Kier molecular flexibility index (Phi) is 5.10. The maximum absolute atomic E-state index is 12.0. The van der Waals surface area contributed by atoms with E-state index < -0.39 is 5.60 Å². The molecule has 0 bridgehead atoms. The standard InChI is InChI=1S/C14H21N3O3/c1-9-6-5-7-10(12(9)13(15)17-19)16-11(18)8-14(2,3)20-4/h5-7,19H,8H2,1-4H3,(H2,15,17)(H,16,18). The zero-order valence-electron chi connectivity index (χ0n) is 12.2. The van der Waals surface area contributed by atoms with Crippen molar-refractivity contribution in [2.24, 2.45) is 10.9 Å². The van der Waals surface area contributed by atoms with Crippen LogP contribution in [-0.4, -0.2) is 29.7 Å². The number of nitrogens with one attached hydrogen (secondary N) is 1. The van der Waals surface area contributed by atoms with Crippen LogP contribution in [0.25, 0.3) is 0 Å². The first-order valence-electron chi connectivity index (χ1n) is 6.23. The van der Waals surface area contributed by atoms with Gasteiger partial charge in [-0.2, -0.15) is 0 Å². The van der Waals surface area contributed by atoms with Crippen LogP contribution >= 0.6 is 0 Å². The Morgan fingerprint density at radius 3 is 2.70 bits per heavy atom. The van der Waals surface area contributed by atoms with E-state index in [0.717, 1.165) is 5.56 Å². The average Bonchev–Trinajstić information content (AvgIpc) is 2.37. The van der Waals surface area contributed by atoms with Gasteiger partial charge in [0, 0.05) is 12.7 Å². The molecule has 0 saturated carbocycles. The minimum atomic E-state index is -0.551. The second-order valence-corrected chi connectivity index (χ2v) is 5.17. The predicted molar refractivity (Wildman–Crippen MR) is 78.0 cm³/mol. The van der Waals surface area contributed by atoms with Crippen LogP contribution in [0.1, 0.15) is 31.4 Å². The number of carbonyl (C=O) groups excluding carboxylic acids is 1. The van der Waals surface area contributed by atoms with Crippen LogP contribution in [0.3, 0.4) is 0 Å². The van der Waals surface area contributed by atoms with Crippen LogP contribution in [0.4, 0.5) is 5.69 Å². The van der Waals surface area contributed by atoms with Crippen LogP contribution in [0, 0.1) is 6.92 Å². The van der Waals surface area contributed by atoms with Gasteiger partial charge in [-0.15, -0.1) is 0 Å². The second-order valence-electron chi connectivity index (χ2n) is 5.17. The van der Waals surface area contributed by atoms with E-state index in [-0.39, 0.29) is 18.2 Å². The smallest absolute Gasteiger partial charge is 0.227 e. The number of methoxy groups -OCH3 is 1. The van der Waals surface area contributed by atoms with Gasteiger partial charge < -0.3 is 21.0 Å². The Morgan fingerprint density at radius 1 is 1.50 bits per heavy atom. The highest BCUT2D eigenvalue weighted by Crippen LogP contribution is 2.21. The van der Waals surface area contributed by atoms with Gasteiger partial charge in [0.05, 0.1) is 17.7 Å². The van der Waals surface area contributed by atoms with Gasteiger partial charge in [0.1, 0.15) is 0 Å². The molecular formula is C14H21N3O3. The molecule has 0 spiro atoms. The van der Waals surface area contributed by atoms with E-state index in [1.807, 2.05) is 26.8 Å². The summed E-state index contributed by atoms with van der Waals surface area (Å²) >= 11 is 0. The second kappa shape index (κ2) is 6.38. The molecule has 6 nitrogen and oxygen atoms in total. The molecule has 0 saturated heterocycles. The molecule has 0 aliphatic rings. The number of hydrogen-bond acceptors (Lipinski definition) is 4. The van der Waals surface area contributed by atoms with Gasteiger partial charge in [0.15, 0.2) is 5.84 Å². The lowest BCUT2D eigenvalue weighted by atomic mass is 10.0. The van der Waals surface area contributed by atoms with Gasteiger partial charge in [-0.3, -0.25) is 4.79 Å². The number of anilines is 1. The van der Waals surface area contributed by atoms with E-state index in [2.05, 4.69) is 10.5 Å². The molecule has 0 heterocycles. The van der Waals surface area contributed by atoms with Gasteiger partial charge in [-0.05, 0) is 32.4 Å². The summed E-state index contributed by atoms with van der Waals surface area (Å²) < 4.78 is 5.22. The third-order valence-corrected chi connectivity index (χ3v) is 3.05. The molecule has 0 aromatic heterocycles. The van der Waals surface area contributed by atoms with E-state index in [0.29, 0.717) is 11.3 Å². The van der Waals surface area contributed by atoms with Crippen LogP contribution in [0.5, 0.6) is 0 Å². The van der Waals surface area contributed by atoms with Gasteiger partial charge in [0.2, 0.25) is 5.91 Å². The number of amidine groups is 1. The van der Waals surface area contributed by atoms with Crippen LogP contribution in [-0.2, 0) is 9.53 Å². The molecule has 6 heteroatoms. The fraction of sp³-hybridized carbons (Fsp3) is 0.429. The molecular weight excluding hydrogens is 258 g/mol. The van der Waals surface area contributed by atoms with E-state index >= 15 is 0 Å². The number of oxime groups is 1. The zero-order valence-corrected chi connectivity index (χ0v) is 12.2. The van der Waals surface area contributed by atoms with Crippen molar-refractivity contribution in [2.45, 2.75) is 32.8 Å². The van der Waals surface area contributed by atoms with Crippen molar-refractivity contribution in [3.8, 4) is 0 Å². The van der Waals surface area contributed by atoms with Crippen molar-refractivity contribution in [1.82, 2.24) is 0 Å². The van der Waals surface area contributed by atoms with Crippen molar-refractivity contribution >= 4 is 17.4 Å². The summed E-state index contributed by atoms with van der Waals surface area (Å²) in [5, 5.41) is 14.6. The highest BCUT2D eigenvalue weighted by molar-refractivity contribution is 6.06. The predicted octanol–water partition coefficient (Wildman–Crippen LogP) is 1.84. The summed E-state index contributed by atoms with van der Waals surface area (Å²) in [5.41, 5.74) is 6.93. The van der Waals surface area contributed by atoms with Gasteiger partial charge in [0.25, 0.3) is 0 Å². The Balaban J connectivity index is 2.99. The average molecular weight is 279 g/mol. The minimum absolute atomic E-state index is 0.0376. The largest absolute Gasteiger partial charge is 0.409 e. The van der Waals surface area contributed by atoms with Gasteiger partial charge in [-0.1, -0.05) is 17.3 Å². The molecule has 1 aromatic carbocycles. The maximum Gasteiger partial charge on any atom is 0.227 e. The highest BCUT2D eigenvalue weighted by atomic mass is 16.5. The number of amides is 1. The number of nitrogens with two attached hydrogens (primary N) is 1. The number of nitrogens with zero attached hydrogens (tertiary/aromatic N) is 1. The molecule has 0 atom stereocenters. The molecule has 1 amide bonds. The zero-order chi connectivity index (χ0) is 15.3. The number of rotatable bonds is 5. The maximum atomic E-state index is 12.0. The Bertz CT molecular complexity index is 524. The van der Waals surface area contributed by atoms with Crippen molar-refractivity contribution in [1.29, 1.82) is 0 Å². The van der Waals surface area contributed by atoms with Crippen LogP contribution < -0.4 is 11.1 Å². The van der Waals surface area contributed by atoms with E-state index in [9.17, 15) is 4.79 Å². The molecule has 0 fully saturated rings. The van der Waals surface area contributed by atoms with Crippen LogP contribution in [0.2, 0.25) is 0 Å². The Morgan fingerprint density at radius 2 is 2.15 bits per heavy atom. The summed E-state index contributed by atoms with van der Waals surface area (Å²) in [4.78, 5) is 12.0. The summed E-state index contributed by atoms with van der Waals surface area (Å²) in [6, 6.07) is 5.32. The minimum Gasteiger partial charge on any atom is -0.409 e. The molecule has 4 N–H and O–H groups in total. The number of hydrogen-bond donors (Lipinski definition) is 3. The number of carbonyl (C=O) groups is 1. The summed E-state index contributed by atoms with van der Waals surface area (Å²) in [6.07, 6.45) is 0.201. The number of benzene rings is 1. The SMILES string of the molecule is COC(C)(C)CC(=O)Nc1cccc(C)c1/C(N)=N/O. The molecule has 1 rings (SSSR count). The summed E-state index contributed by atoms with van der Waals surface area (Å²) in [6.45, 7) is 5.47. The van der Waals surface area contributed by atoms with Crippen molar-refractivity contribution in [3.63, 3.8) is 0 Å². The molecule has 0 radical (unpaired) electrons. The molecule has 0 unspecified atom stereocenters. The normalized spacial score (nSPS) is 12.3. The lowest BCUT2D eigenvalue weighted by Crippen LogP contribution is -2.30. The lowest BCUT2D eigenvalue weighted by Gasteiger charge is -2.22. The quantitative estimate of drug-likeness (QED) is 0.331. The van der Waals surface area contributed by atoms with E-state index in [1.54, 1.807) is 19.2 Å². The van der Waals surface area contributed by atoms with E-state index in [4.69, 9.17) is 15.7 Å². The van der Waals surface area contributed by atoms with E-state index in [1.165, 1.54) is 0 Å². The fourth-order valence-corrected chi connectivity index (χ4v) is 1.82. The topological polar surface area (TPSA) is 96.9 Å². The first kappa shape index (κ1) is 16.0. The third-order valence-electron chi connectivity index (χ3n) is 3.05. The van der Waals surface area contributed by atoms with Gasteiger partial charge >= 0.3 is 0 Å². The number of ether oxygens (including phenoxy) is 1. The molecule has 20 heavy (non-hydrogen) atoms. The first-order valence-corrected chi connectivity index (χ1v) is 6.23. The van der Waals surface area contributed by atoms with Crippen molar-refractivity contribution in [2.75, 3.05) is 12.4 Å². The molecule has 1 aromatic rings. The fourth-order valence-electron chi connectivity index (χ4n) is 1.82.